The Labute approximate surface area is 177 Å². The van der Waals surface area contributed by atoms with Crippen LogP contribution in [0.4, 0.5) is 5.69 Å². The fourth-order valence-electron chi connectivity index (χ4n) is 2.84. The van der Waals surface area contributed by atoms with Gasteiger partial charge in [0.25, 0.3) is 10.0 Å². The van der Waals surface area contributed by atoms with Gasteiger partial charge in [0.15, 0.2) is 0 Å². The van der Waals surface area contributed by atoms with Crippen LogP contribution in [0.25, 0.3) is 0 Å². The quantitative estimate of drug-likeness (QED) is 0.582. The van der Waals surface area contributed by atoms with Crippen molar-refractivity contribution in [2.24, 2.45) is 0 Å². The molecule has 3 aromatic rings. The number of nitrogens with one attached hydrogen (secondary N) is 1. The maximum absolute atomic E-state index is 13.1. The minimum absolute atomic E-state index is 0.00207. The molecular weight excluding hydrogens is 422 g/mol. The summed E-state index contributed by atoms with van der Waals surface area (Å²) in [4.78, 5) is -0.00879. The first-order chi connectivity index (χ1) is 14.1. The number of aryl methyl sites for hydroxylation is 1. The number of rotatable bonds is 7. The van der Waals surface area contributed by atoms with Gasteiger partial charge in [0, 0.05) is 0 Å². The molecule has 0 saturated carbocycles. The second kappa shape index (κ2) is 8.49. The van der Waals surface area contributed by atoms with Crippen LogP contribution in [-0.4, -0.2) is 22.9 Å². The van der Waals surface area contributed by atoms with E-state index < -0.39 is 19.9 Å². The molecular formula is C22H23NO5S2. The van der Waals surface area contributed by atoms with E-state index in [1.165, 1.54) is 36.4 Å². The Balaban J connectivity index is 1.99. The zero-order chi connectivity index (χ0) is 21.9. The molecule has 3 rings (SSSR count). The van der Waals surface area contributed by atoms with Crippen molar-refractivity contribution >= 4 is 25.5 Å². The lowest BCUT2D eigenvalue weighted by atomic mass is 10.2. The summed E-state index contributed by atoms with van der Waals surface area (Å²) >= 11 is 0. The zero-order valence-corrected chi connectivity index (χ0v) is 18.5. The molecule has 0 spiro atoms. The van der Waals surface area contributed by atoms with Crippen molar-refractivity contribution in [1.29, 1.82) is 0 Å². The van der Waals surface area contributed by atoms with Gasteiger partial charge in [-0.3, -0.25) is 4.72 Å². The highest BCUT2D eigenvalue weighted by Gasteiger charge is 2.24. The SMILES string of the molecule is Cc1ccc(NS(=O)(=O)c2ccc(OC(C)C)cc2)c(S(=O)(=O)c2ccccc2)c1. The highest BCUT2D eigenvalue weighted by molar-refractivity contribution is 7.93. The van der Waals surface area contributed by atoms with Crippen molar-refractivity contribution in [3.8, 4) is 5.75 Å². The highest BCUT2D eigenvalue weighted by Crippen LogP contribution is 2.30. The van der Waals surface area contributed by atoms with Crippen LogP contribution in [0.5, 0.6) is 5.75 Å². The summed E-state index contributed by atoms with van der Waals surface area (Å²) in [6.45, 7) is 5.49. The van der Waals surface area contributed by atoms with Crippen LogP contribution in [0.3, 0.4) is 0 Å². The van der Waals surface area contributed by atoms with Crippen LogP contribution < -0.4 is 9.46 Å². The molecule has 8 heteroatoms. The molecule has 158 valence electrons. The third-order valence-corrected chi connectivity index (χ3v) is 7.42. The Hall–Kier alpha value is -2.84. The Morgan fingerprint density at radius 2 is 1.43 bits per heavy atom. The minimum atomic E-state index is -4.01. The predicted molar refractivity (Wildman–Crippen MR) is 116 cm³/mol. The number of anilines is 1. The van der Waals surface area contributed by atoms with Crippen molar-refractivity contribution in [2.45, 2.75) is 41.6 Å². The Kier molecular flexibility index (Phi) is 6.19. The van der Waals surface area contributed by atoms with Gasteiger partial charge in [-0.15, -0.1) is 0 Å². The molecule has 0 amide bonds. The van der Waals surface area contributed by atoms with Crippen LogP contribution in [0, 0.1) is 6.92 Å². The lowest BCUT2D eigenvalue weighted by molar-refractivity contribution is 0.242. The molecule has 1 N–H and O–H groups in total. The summed E-state index contributed by atoms with van der Waals surface area (Å²) in [6.07, 6.45) is -0.0381. The fourth-order valence-corrected chi connectivity index (χ4v) is 5.50. The summed E-state index contributed by atoms with van der Waals surface area (Å²) in [7, 11) is -7.92. The molecule has 0 unspecified atom stereocenters. The Morgan fingerprint density at radius 1 is 0.800 bits per heavy atom. The van der Waals surface area contributed by atoms with Crippen LogP contribution in [0.1, 0.15) is 19.4 Å². The largest absolute Gasteiger partial charge is 0.491 e. The van der Waals surface area contributed by atoms with Crippen LogP contribution in [-0.2, 0) is 19.9 Å². The van der Waals surface area contributed by atoms with Crippen LogP contribution in [0.15, 0.2) is 87.5 Å². The van der Waals surface area contributed by atoms with Crippen molar-refractivity contribution in [1.82, 2.24) is 0 Å². The van der Waals surface area contributed by atoms with Crippen molar-refractivity contribution < 1.29 is 21.6 Å². The molecule has 0 bridgehead atoms. The number of ether oxygens (including phenoxy) is 1. The third-order valence-electron chi connectivity index (χ3n) is 4.23. The van der Waals surface area contributed by atoms with E-state index in [4.69, 9.17) is 4.74 Å². The van der Waals surface area contributed by atoms with E-state index in [2.05, 4.69) is 4.72 Å². The Bertz CT molecular complexity index is 1230. The molecule has 0 aliphatic carbocycles. The number of hydrogen-bond donors (Lipinski definition) is 1. The van der Waals surface area contributed by atoms with Gasteiger partial charge in [0.05, 0.1) is 26.5 Å². The average molecular weight is 446 g/mol. The topological polar surface area (TPSA) is 89.5 Å². The molecule has 0 heterocycles. The summed E-state index contributed by atoms with van der Waals surface area (Å²) < 4.78 is 60.0. The molecule has 0 aliphatic heterocycles. The van der Waals surface area contributed by atoms with E-state index in [-0.39, 0.29) is 26.5 Å². The molecule has 3 aromatic carbocycles. The van der Waals surface area contributed by atoms with E-state index in [0.29, 0.717) is 11.3 Å². The molecule has 0 fully saturated rings. The molecule has 0 atom stereocenters. The van der Waals surface area contributed by atoms with Gasteiger partial charge in [-0.05, 0) is 74.9 Å². The fraction of sp³-hybridized carbons (Fsp3) is 0.182. The maximum Gasteiger partial charge on any atom is 0.261 e. The first-order valence-electron chi connectivity index (χ1n) is 9.30. The molecule has 0 radical (unpaired) electrons. The summed E-state index contributed by atoms with van der Waals surface area (Å²) in [6, 6.07) is 18.4. The van der Waals surface area contributed by atoms with Crippen molar-refractivity contribution in [3.05, 3.63) is 78.4 Å². The molecule has 30 heavy (non-hydrogen) atoms. The average Bonchev–Trinajstić information content (AvgIpc) is 2.70. The van der Waals surface area contributed by atoms with Crippen LogP contribution in [0.2, 0.25) is 0 Å². The van der Waals surface area contributed by atoms with E-state index >= 15 is 0 Å². The molecule has 0 aliphatic rings. The summed E-state index contributed by atoms with van der Waals surface area (Å²) in [5, 5.41) is 0. The van der Waals surface area contributed by atoms with Gasteiger partial charge in [-0.1, -0.05) is 24.3 Å². The van der Waals surface area contributed by atoms with Crippen LogP contribution >= 0.6 is 0 Å². The van der Waals surface area contributed by atoms with Crippen molar-refractivity contribution in [2.75, 3.05) is 4.72 Å². The van der Waals surface area contributed by atoms with Gasteiger partial charge in [0.2, 0.25) is 9.84 Å². The number of benzene rings is 3. The summed E-state index contributed by atoms with van der Waals surface area (Å²) in [5.41, 5.74) is 0.689. The molecule has 6 nitrogen and oxygen atoms in total. The minimum Gasteiger partial charge on any atom is -0.491 e. The number of hydrogen-bond acceptors (Lipinski definition) is 5. The summed E-state index contributed by atoms with van der Waals surface area (Å²) in [5.74, 6) is 0.548. The second-order valence-electron chi connectivity index (χ2n) is 7.06. The maximum atomic E-state index is 13.1. The van der Waals surface area contributed by atoms with Gasteiger partial charge in [-0.25, -0.2) is 16.8 Å². The van der Waals surface area contributed by atoms with E-state index in [1.807, 2.05) is 13.8 Å². The third kappa shape index (κ3) is 4.83. The van der Waals surface area contributed by atoms with Gasteiger partial charge < -0.3 is 4.74 Å². The lowest BCUT2D eigenvalue weighted by Gasteiger charge is -2.15. The van der Waals surface area contributed by atoms with E-state index in [0.717, 1.165) is 0 Å². The second-order valence-corrected chi connectivity index (χ2v) is 10.7. The number of sulfonamides is 1. The normalized spacial score (nSPS) is 12.0. The smallest absolute Gasteiger partial charge is 0.261 e. The lowest BCUT2D eigenvalue weighted by Crippen LogP contribution is -2.16. The molecule has 0 saturated heterocycles. The van der Waals surface area contributed by atoms with E-state index in [9.17, 15) is 16.8 Å². The van der Waals surface area contributed by atoms with Gasteiger partial charge in [-0.2, -0.15) is 0 Å². The molecule has 0 aromatic heterocycles. The predicted octanol–water partition coefficient (Wildman–Crippen LogP) is 4.42. The Morgan fingerprint density at radius 3 is 2.03 bits per heavy atom. The standard InChI is InChI=1S/C22H23NO5S2/c1-16(2)28-18-10-12-20(13-11-18)30(26,27)23-21-14-9-17(3)15-22(21)29(24,25)19-7-5-4-6-8-19/h4-16,23H,1-3H3. The zero-order valence-electron chi connectivity index (χ0n) is 16.9. The first kappa shape index (κ1) is 21.9. The first-order valence-corrected chi connectivity index (χ1v) is 12.3. The number of sulfone groups is 1. The van der Waals surface area contributed by atoms with E-state index in [1.54, 1.807) is 43.3 Å². The highest BCUT2D eigenvalue weighted by atomic mass is 32.2. The monoisotopic (exact) mass is 445 g/mol. The van der Waals surface area contributed by atoms with Gasteiger partial charge >= 0.3 is 0 Å². The van der Waals surface area contributed by atoms with Gasteiger partial charge in [0.1, 0.15) is 5.75 Å². The van der Waals surface area contributed by atoms with Crippen molar-refractivity contribution in [3.63, 3.8) is 0 Å².